The van der Waals surface area contributed by atoms with Gasteiger partial charge in [-0.05, 0) is 43.2 Å². The van der Waals surface area contributed by atoms with Crippen LogP contribution < -0.4 is 20.4 Å². The monoisotopic (exact) mass is 541 g/mol. The quantitative estimate of drug-likeness (QED) is 0.564. The van der Waals surface area contributed by atoms with E-state index in [-0.39, 0.29) is 43.6 Å². The van der Waals surface area contributed by atoms with Crippen molar-refractivity contribution in [2.45, 2.75) is 37.8 Å². The van der Waals surface area contributed by atoms with Gasteiger partial charge in [0.05, 0.1) is 25.0 Å². The van der Waals surface area contributed by atoms with Crippen LogP contribution in [0.4, 0.5) is 29.7 Å². The van der Waals surface area contributed by atoms with Crippen molar-refractivity contribution in [1.82, 2.24) is 15.5 Å². The molecule has 0 aromatic heterocycles. The first-order valence-electron chi connectivity index (χ1n) is 12.7. The molecule has 1 atom stereocenters. The summed E-state index contributed by atoms with van der Waals surface area (Å²) in [6.45, 7) is 3.17. The molecule has 0 radical (unpaired) electrons. The topological polar surface area (TPSA) is 111 Å². The first kappa shape index (κ1) is 26.4. The Labute approximate surface area is 223 Å². The molecule has 0 aliphatic carbocycles. The van der Waals surface area contributed by atoms with Crippen LogP contribution in [0.1, 0.15) is 29.9 Å². The second-order valence-corrected chi connectivity index (χ2v) is 10.2. The molecule has 39 heavy (non-hydrogen) atoms. The zero-order valence-electron chi connectivity index (χ0n) is 21.6. The molecular formula is C27H29F2N5O5. The van der Waals surface area contributed by atoms with E-state index in [0.29, 0.717) is 18.8 Å². The number of aryl methyl sites for hydroxylation is 1. The van der Waals surface area contributed by atoms with Crippen LogP contribution in [0.2, 0.25) is 0 Å². The summed E-state index contributed by atoms with van der Waals surface area (Å²) in [7, 11) is 1.69. The number of alkyl carbamates (subject to hydrolysis) is 1. The van der Waals surface area contributed by atoms with E-state index in [1.54, 1.807) is 21.7 Å². The van der Waals surface area contributed by atoms with Crippen molar-refractivity contribution >= 4 is 35.3 Å². The summed E-state index contributed by atoms with van der Waals surface area (Å²) < 4.78 is 35.0. The van der Waals surface area contributed by atoms with Crippen molar-refractivity contribution in [3.05, 3.63) is 59.2 Å². The van der Waals surface area contributed by atoms with Gasteiger partial charge in [-0.25, -0.2) is 18.4 Å². The largest absolute Gasteiger partial charge is 0.442 e. The second kappa shape index (κ2) is 10.5. The molecule has 3 fully saturated rings. The minimum absolute atomic E-state index is 0.0201. The number of piperidine rings is 1. The standard InChI is InChI=1S/C27H29F2N5O5/c1-15-4-3-5-17(8-15)32(2)27(38)34-13-19(14-34)39-26(37)30-16-11-33(12-16)18-9-21(28)24(22(29)10-18)20-6-7-23(35)31-25(20)36/h3-5,8-10,16,19-20H,6-7,11-14H2,1-2H3,(H,30,37)(H,31,35,36). The number of halogens is 2. The van der Waals surface area contributed by atoms with Gasteiger partial charge >= 0.3 is 12.1 Å². The van der Waals surface area contributed by atoms with Gasteiger partial charge in [-0.1, -0.05) is 12.1 Å². The van der Waals surface area contributed by atoms with Gasteiger partial charge in [0.1, 0.15) is 17.7 Å². The number of ether oxygens (including phenoxy) is 1. The number of anilines is 2. The molecule has 12 heteroatoms. The van der Waals surface area contributed by atoms with Crippen LogP contribution in [-0.4, -0.2) is 74.2 Å². The van der Waals surface area contributed by atoms with Crippen molar-refractivity contribution in [2.24, 2.45) is 0 Å². The lowest BCUT2D eigenvalue weighted by molar-refractivity contribution is -0.134. The Morgan fingerprint density at radius 1 is 1.08 bits per heavy atom. The predicted octanol–water partition coefficient (Wildman–Crippen LogP) is 2.65. The number of carbonyl (C=O) groups is 4. The van der Waals surface area contributed by atoms with Crippen LogP contribution in [0, 0.1) is 18.6 Å². The number of carbonyl (C=O) groups excluding carboxylic acids is 4. The van der Waals surface area contributed by atoms with Crippen LogP contribution in [0.3, 0.4) is 0 Å². The smallest absolute Gasteiger partial charge is 0.407 e. The number of nitrogens with one attached hydrogen (secondary N) is 2. The number of hydrogen-bond acceptors (Lipinski definition) is 6. The van der Waals surface area contributed by atoms with Crippen LogP contribution >= 0.6 is 0 Å². The molecule has 0 spiro atoms. The van der Waals surface area contributed by atoms with E-state index in [4.69, 9.17) is 4.74 Å². The lowest BCUT2D eigenvalue weighted by Crippen LogP contribution is -2.62. The molecule has 2 aromatic rings. The third-order valence-electron chi connectivity index (χ3n) is 7.29. The van der Waals surface area contributed by atoms with Gasteiger partial charge in [-0.15, -0.1) is 0 Å². The third kappa shape index (κ3) is 5.50. The Morgan fingerprint density at radius 3 is 2.41 bits per heavy atom. The summed E-state index contributed by atoms with van der Waals surface area (Å²) in [5.41, 5.74) is 1.77. The summed E-state index contributed by atoms with van der Waals surface area (Å²) in [4.78, 5) is 53.2. The number of urea groups is 1. The molecule has 2 aromatic carbocycles. The van der Waals surface area contributed by atoms with Crippen LogP contribution in [0.25, 0.3) is 0 Å². The van der Waals surface area contributed by atoms with Gasteiger partial charge in [-0.2, -0.15) is 0 Å². The maximum Gasteiger partial charge on any atom is 0.407 e. The molecule has 10 nitrogen and oxygen atoms in total. The fourth-order valence-electron chi connectivity index (χ4n) is 5.02. The number of benzene rings is 2. The molecule has 5 amide bonds. The van der Waals surface area contributed by atoms with E-state index in [1.807, 2.05) is 31.2 Å². The molecule has 3 aliphatic heterocycles. The summed E-state index contributed by atoms with van der Waals surface area (Å²) in [5.74, 6) is -3.93. The predicted molar refractivity (Wildman–Crippen MR) is 137 cm³/mol. The number of rotatable bonds is 5. The Balaban J connectivity index is 1.07. The van der Waals surface area contributed by atoms with Gasteiger partial charge in [0.2, 0.25) is 11.8 Å². The van der Waals surface area contributed by atoms with E-state index in [2.05, 4.69) is 10.6 Å². The fraction of sp³-hybridized carbons (Fsp3) is 0.407. The van der Waals surface area contributed by atoms with E-state index in [9.17, 15) is 28.0 Å². The molecule has 3 heterocycles. The van der Waals surface area contributed by atoms with Gasteiger partial charge in [0.25, 0.3) is 0 Å². The molecule has 1 unspecified atom stereocenters. The minimum atomic E-state index is -1.06. The summed E-state index contributed by atoms with van der Waals surface area (Å²) in [6, 6.07) is 9.45. The second-order valence-electron chi connectivity index (χ2n) is 10.2. The average molecular weight is 542 g/mol. The zero-order valence-corrected chi connectivity index (χ0v) is 21.6. The van der Waals surface area contributed by atoms with E-state index < -0.39 is 41.6 Å². The highest BCUT2D eigenvalue weighted by Crippen LogP contribution is 2.33. The third-order valence-corrected chi connectivity index (χ3v) is 7.29. The highest BCUT2D eigenvalue weighted by atomic mass is 19.1. The summed E-state index contributed by atoms with van der Waals surface area (Å²) in [6.07, 6.45) is -0.966. The number of amides is 5. The Hall–Kier alpha value is -4.22. The molecule has 3 saturated heterocycles. The van der Waals surface area contributed by atoms with Crippen LogP contribution in [0.15, 0.2) is 36.4 Å². The van der Waals surface area contributed by atoms with Crippen molar-refractivity contribution in [1.29, 1.82) is 0 Å². The molecule has 2 N–H and O–H groups in total. The lowest BCUT2D eigenvalue weighted by Gasteiger charge is -2.43. The van der Waals surface area contributed by atoms with E-state index in [0.717, 1.165) is 23.4 Å². The number of hydrogen-bond donors (Lipinski definition) is 2. The lowest BCUT2D eigenvalue weighted by atomic mass is 9.89. The fourth-order valence-corrected chi connectivity index (χ4v) is 5.02. The van der Waals surface area contributed by atoms with Crippen LogP contribution in [-0.2, 0) is 14.3 Å². The SMILES string of the molecule is Cc1cccc(N(C)C(=O)N2CC(OC(=O)NC3CN(c4cc(F)c(C5CCC(=O)NC5=O)c(F)c4)C3)C2)c1. The van der Waals surface area contributed by atoms with Crippen molar-refractivity contribution < 1.29 is 32.7 Å². The Morgan fingerprint density at radius 2 is 1.77 bits per heavy atom. The average Bonchev–Trinajstić information content (AvgIpc) is 2.83. The van der Waals surface area contributed by atoms with Crippen LogP contribution in [0.5, 0.6) is 0 Å². The Kier molecular flexibility index (Phi) is 7.11. The summed E-state index contributed by atoms with van der Waals surface area (Å²) in [5, 5.41) is 4.84. The highest BCUT2D eigenvalue weighted by Gasteiger charge is 2.37. The van der Waals surface area contributed by atoms with Crippen molar-refractivity contribution in [2.75, 3.05) is 43.0 Å². The van der Waals surface area contributed by atoms with Crippen molar-refractivity contribution in [3.63, 3.8) is 0 Å². The van der Waals surface area contributed by atoms with Gasteiger partial charge in [-0.3, -0.25) is 19.8 Å². The molecular weight excluding hydrogens is 512 g/mol. The first-order valence-corrected chi connectivity index (χ1v) is 12.7. The molecule has 3 aliphatic rings. The molecule has 5 rings (SSSR count). The number of likely N-dealkylation sites (tertiary alicyclic amines) is 1. The van der Waals surface area contributed by atoms with Gasteiger partial charge < -0.3 is 19.9 Å². The number of imide groups is 1. The Bertz CT molecular complexity index is 1300. The maximum atomic E-state index is 14.8. The van der Waals surface area contributed by atoms with E-state index in [1.165, 1.54) is 0 Å². The van der Waals surface area contributed by atoms with E-state index >= 15 is 0 Å². The molecule has 0 saturated carbocycles. The maximum absolute atomic E-state index is 14.8. The van der Waals surface area contributed by atoms with Gasteiger partial charge in [0, 0.05) is 43.5 Å². The first-order chi connectivity index (χ1) is 18.6. The molecule has 0 bridgehead atoms. The highest BCUT2D eigenvalue weighted by molar-refractivity contribution is 6.01. The normalized spacial score (nSPS) is 19.6. The van der Waals surface area contributed by atoms with Gasteiger partial charge in [0.15, 0.2) is 0 Å². The van der Waals surface area contributed by atoms with Crippen molar-refractivity contribution in [3.8, 4) is 0 Å². The summed E-state index contributed by atoms with van der Waals surface area (Å²) >= 11 is 0. The number of nitrogens with zero attached hydrogens (tertiary/aromatic N) is 3. The molecule has 206 valence electrons. The minimum Gasteiger partial charge on any atom is -0.442 e. The zero-order chi connectivity index (χ0) is 27.8.